The monoisotopic (exact) mass is 364 g/mol. The molecule has 0 saturated heterocycles. The Balaban J connectivity index is 1.88. The molecule has 1 saturated carbocycles. The maximum Gasteiger partial charge on any atom is 0.285 e. The van der Waals surface area contributed by atoms with Crippen LogP contribution < -0.4 is 5.32 Å². The van der Waals surface area contributed by atoms with Crippen LogP contribution in [0.1, 0.15) is 38.2 Å². The van der Waals surface area contributed by atoms with E-state index in [-0.39, 0.29) is 22.9 Å². The van der Waals surface area contributed by atoms with Crippen LogP contribution in [0.4, 0.5) is 0 Å². The number of sulfonamides is 1. The second-order valence-corrected chi connectivity index (χ2v) is 8.20. The molecule has 8 heteroatoms. The molecule has 0 amide bonds. The van der Waals surface area contributed by atoms with Gasteiger partial charge in [0.05, 0.1) is 18.0 Å². The Morgan fingerprint density at radius 2 is 2.16 bits per heavy atom. The van der Waals surface area contributed by atoms with Crippen LogP contribution in [0.15, 0.2) is 38.7 Å². The number of hydrogen-bond acceptors (Lipinski definition) is 4. The van der Waals surface area contributed by atoms with Gasteiger partial charge >= 0.3 is 0 Å². The number of aliphatic hydroxyl groups is 1. The molecule has 1 aromatic rings. The Labute approximate surface area is 148 Å². The lowest BCUT2D eigenvalue weighted by molar-refractivity contribution is 0.281. The molecule has 1 spiro atoms. The average Bonchev–Trinajstić information content (AvgIpc) is 3.25. The van der Waals surface area contributed by atoms with Gasteiger partial charge < -0.3 is 10.4 Å². The molecule has 1 fully saturated rings. The van der Waals surface area contributed by atoms with Crippen LogP contribution in [-0.4, -0.2) is 43.8 Å². The van der Waals surface area contributed by atoms with E-state index in [1.165, 1.54) is 25.0 Å². The Kier molecular flexibility index (Phi) is 5.10. The summed E-state index contributed by atoms with van der Waals surface area (Å²) in [6.07, 6.45) is 6.47. The molecule has 1 aromatic carbocycles. The van der Waals surface area contributed by atoms with Crippen LogP contribution in [0.25, 0.3) is 0 Å². The van der Waals surface area contributed by atoms with Gasteiger partial charge in [-0.3, -0.25) is 0 Å². The van der Waals surface area contributed by atoms with E-state index in [1.54, 1.807) is 17.1 Å². The lowest BCUT2D eigenvalue weighted by Crippen LogP contribution is -2.40. The minimum absolute atomic E-state index is 0.0523. The van der Waals surface area contributed by atoms with E-state index >= 15 is 0 Å². The van der Waals surface area contributed by atoms with Crippen LogP contribution in [0, 0.1) is 5.41 Å². The predicted molar refractivity (Wildman–Crippen MR) is 96.8 cm³/mol. The number of benzene rings is 1. The molecule has 136 valence electrons. The molecule has 7 nitrogen and oxygen atoms in total. The molecule has 3 rings (SSSR count). The number of nitrogens with zero attached hydrogens (tertiary/aromatic N) is 3. The van der Waals surface area contributed by atoms with E-state index in [1.807, 2.05) is 13.1 Å². The number of hydrogen-bond donors (Lipinski definition) is 2. The second-order valence-electron chi connectivity index (χ2n) is 6.60. The highest BCUT2D eigenvalue weighted by molar-refractivity contribution is 7.90. The first-order valence-corrected chi connectivity index (χ1v) is 10.0. The largest absolute Gasteiger partial charge is 0.392 e. The molecule has 1 aliphatic heterocycles. The van der Waals surface area contributed by atoms with Gasteiger partial charge in [-0.25, -0.2) is 5.01 Å². The van der Waals surface area contributed by atoms with Crippen molar-refractivity contribution < 1.29 is 13.5 Å². The highest BCUT2D eigenvalue weighted by Crippen LogP contribution is 2.40. The quantitative estimate of drug-likeness (QED) is 0.626. The Hall–Kier alpha value is -1.93. The Bertz CT molecular complexity index is 783. The zero-order chi connectivity index (χ0) is 17.9. The molecule has 0 bridgehead atoms. The standard InChI is InChI=1S/C17H24N4O3S/c1-2-18-16(21-13-17(12-19-21)8-3-4-9-17)20-25(23,24)15-7-5-6-14(10-15)11-22/h5-7,10,12,22H,2-4,8-9,11,13H2,1H3,(H,18,20). The summed E-state index contributed by atoms with van der Waals surface area (Å²) in [6, 6.07) is 6.19. The summed E-state index contributed by atoms with van der Waals surface area (Å²) in [6.45, 7) is 2.88. The minimum atomic E-state index is -3.89. The van der Waals surface area contributed by atoms with Crippen molar-refractivity contribution in [1.29, 1.82) is 0 Å². The van der Waals surface area contributed by atoms with E-state index in [4.69, 9.17) is 0 Å². The topological polar surface area (TPSA) is 94.4 Å². The van der Waals surface area contributed by atoms with Crippen molar-refractivity contribution in [2.45, 2.75) is 44.1 Å². The van der Waals surface area contributed by atoms with Crippen molar-refractivity contribution in [3.8, 4) is 0 Å². The fourth-order valence-corrected chi connectivity index (χ4v) is 4.41. The average molecular weight is 364 g/mol. The Morgan fingerprint density at radius 3 is 2.84 bits per heavy atom. The SMILES string of the molecule is CCN/C(=N\S(=O)(=O)c1cccc(CO)c1)N1CC2(C=N1)CCCC2. The lowest BCUT2D eigenvalue weighted by Gasteiger charge is -2.23. The molecule has 1 aliphatic carbocycles. The third-order valence-corrected chi connectivity index (χ3v) is 5.96. The molecule has 0 radical (unpaired) electrons. The molecule has 2 N–H and O–H groups in total. The fraction of sp³-hybridized carbons (Fsp3) is 0.529. The van der Waals surface area contributed by atoms with Crippen LogP contribution in [-0.2, 0) is 16.6 Å². The molecular weight excluding hydrogens is 340 g/mol. The van der Waals surface area contributed by atoms with Crippen molar-refractivity contribution in [2.24, 2.45) is 14.9 Å². The first-order valence-electron chi connectivity index (χ1n) is 8.59. The first kappa shape index (κ1) is 17.9. The second kappa shape index (κ2) is 7.13. The van der Waals surface area contributed by atoms with E-state index in [0.29, 0.717) is 18.7 Å². The number of guanidine groups is 1. The summed E-state index contributed by atoms with van der Waals surface area (Å²) >= 11 is 0. The molecule has 25 heavy (non-hydrogen) atoms. The van der Waals surface area contributed by atoms with Gasteiger partial charge in [-0.05, 0) is 37.5 Å². The lowest BCUT2D eigenvalue weighted by atomic mass is 9.88. The predicted octanol–water partition coefficient (Wildman–Crippen LogP) is 1.69. The van der Waals surface area contributed by atoms with Gasteiger partial charge in [0.25, 0.3) is 10.0 Å². The number of nitrogens with one attached hydrogen (secondary N) is 1. The van der Waals surface area contributed by atoms with Crippen molar-refractivity contribution in [1.82, 2.24) is 10.3 Å². The van der Waals surface area contributed by atoms with E-state index in [0.717, 1.165) is 12.8 Å². The molecule has 2 aliphatic rings. The van der Waals surface area contributed by atoms with E-state index < -0.39 is 10.0 Å². The van der Waals surface area contributed by atoms with Gasteiger partial charge in [-0.1, -0.05) is 25.0 Å². The van der Waals surface area contributed by atoms with E-state index in [9.17, 15) is 13.5 Å². The third-order valence-electron chi connectivity index (χ3n) is 4.70. The van der Waals surface area contributed by atoms with Gasteiger partial charge in [-0.15, -0.1) is 4.40 Å². The summed E-state index contributed by atoms with van der Waals surface area (Å²) in [5.41, 5.74) is 0.585. The number of rotatable bonds is 4. The van der Waals surface area contributed by atoms with Crippen molar-refractivity contribution >= 4 is 22.2 Å². The van der Waals surface area contributed by atoms with Crippen molar-refractivity contribution in [3.63, 3.8) is 0 Å². The van der Waals surface area contributed by atoms with Gasteiger partial charge in [0.2, 0.25) is 5.96 Å². The number of aliphatic hydroxyl groups excluding tert-OH is 1. The third kappa shape index (κ3) is 3.85. The van der Waals surface area contributed by atoms with E-state index in [2.05, 4.69) is 14.8 Å². The maximum absolute atomic E-state index is 12.7. The van der Waals surface area contributed by atoms with Crippen LogP contribution >= 0.6 is 0 Å². The summed E-state index contributed by atoms with van der Waals surface area (Å²) in [7, 11) is -3.89. The zero-order valence-corrected chi connectivity index (χ0v) is 15.2. The summed E-state index contributed by atoms with van der Waals surface area (Å²) in [4.78, 5) is 0.0632. The zero-order valence-electron chi connectivity index (χ0n) is 14.4. The van der Waals surface area contributed by atoms with Crippen LogP contribution in [0.3, 0.4) is 0 Å². The van der Waals surface area contributed by atoms with Crippen molar-refractivity contribution in [3.05, 3.63) is 29.8 Å². The van der Waals surface area contributed by atoms with Gasteiger partial charge in [-0.2, -0.15) is 13.5 Å². The molecule has 1 heterocycles. The van der Waals surface area contributed by atoms with Crippen LogP contribution in [0.5, 0.6) is 0 Å². The summed E-state index contributed by atoms with van der Waals surface area (Å²) in [5.74, 6) is 0.247. The molecule has 0 atom stereocenters. The van der Waals surface area contributed by atoms with Gasteiger partial charge in [0.15, 0.2) is 0 Å². The van der Waals surface area contributed by atoms with Crippen LogP contribution in [0.2, 0.25) is 0 Å². The molecular formula is C17H24N4O3S. The highest BCUT2D eigenvalue weighted by atomic mass is 32.2. The summed E-state index contributed by atoms with van der Waals surface area (Å²) in [5, 5.41) is 18.3. The number of hydrazone groups is 1. The van der Waals surface area contributed by atoms with Crippen molar-refractivity contribution in [2.75, 3.05) is 13.1 Å². The Morgan fingerprint density at radius 1 is 1.40 bits per heavy atom. The maximum atomic E-state index is 12.7. The summed E-state index contributed by atoms with van der Waals surface area (Å²) < 4.78 is 29.3. The van der Waals surface area contributed by atoms with Gasteiger partial charge in [0, 0.05) is 18.2 Å². The van der Waals surface area contributed by atoms with Gasteiger partial charge in [0.1, 0.15) is 0 Å². The normalized spacial score (nSPS) is 19.8. The smallest absolute Gasteiger partial charge is 0.285 e. The first-order chi connectivity index (χ1) is 12.0. The molecule has 0 aromatic heterocycles. The fourth-order valence-electron chi connectivity index (χ4n) is 3.37. The highest BCUT2D eigenvalue weighted by Gasteiger charge is 2.39. The molecule has 0 unspecified atom stereocenters. The minimum Gasteiger partial charge on any atom is -0.392 e.